The predicted octanol–water partition coefficient (Wildman–Crippen LogP) is 13.9. The SMILES string of the molecule is CC(C)(C)c1cc(C(C)(C)C)c(B2c3ccccc3C=Cc3cc(-c4ccc5c(c4)C=CC4C=CC=CC4B5c4c(C(C)(C)C)cc(C(C)(C)C)cc4C(C)(C)C)ccc32)c(C(C)(C)C)c1. The molecule has 5 aromatic carbocycles. The summed E-state index contributed by atoms with van der Waals surface area (Å²) >= 11 is 0. The molecule has 66 heavy (non-hydrogen) atoms. The van der Waals surface area contributed by atoms with Crippen molar-refractivity contribution in [1.82, 2.24) is 0 Å². The Bertz CT molecular complexity index is 2740. The average Bonchev–Trinajstić information content (AvgIpc) is 3.48. The van der Waals surface area contributed by atoms with E-state index in [2.05, 4.69) is 258 Å². The molecule has 5 aromatic rings. The quantitative estimate of drug-likeness (QED) is 0.156. The lowest BCUT2D eigenvalue weighted by Gasteiger charge is -2.38. The van der Waals surface area contributed by atoms with Gasteiger partial charge in [-0.1, -0.05) is 273 Å². The lowest BCUT2D eigenvalue weighted by atomic mass is 9.29. The van der Waals surface area contributed by atoms with E-state index in [1.54, 1.807) is 0 Å². The molecule has 8 rings (SSSR count). The third-order valence-electron chi connectivity index (χ3n) is 14.9. The molecule has 0 saturated heterocycles. The second-order valence-corrected chi connectivity index (χ2v) is 26.3. The number of hydrogen-bond donors (Lipinski definition) is 0. The first-order chi connectivity index (χ1) is 30.5. The highest BCUT2D eigenvalue weighted by molar-refractivity contribution is 6.97. The Morgan fingerprint density at radius 1 is 0.364 bits per heavy atom. The molecular weight excluding hydrogens is 790 g/mol. The van der Waals surface area contributed by atoms with E-state index in [0.717, 1.165) is 0 Å². The highest BCUT2D eigenvalue weighted by Gasteiger charge is 2.42. The molecule has 2 aliphatic heterocycles. The molecule has 1 aliphatic carbocycles. The van der Waals surface area contributed by atoms with Gasteiger partial charge in [0.15, 0.2) is 0 Å². The van der Waals surface area contributed by atoms with Crippen LogP contribution in [0.3, 0.4) is 0 Å². The number of benzene rings is 5. The van der Waals surface area contributed by atoms with Crippen molar-refractivity contribution in [3.05, 3.63) is 165 Å². The third kappa shape index (κ3) is 9.00. The maximum absolute atomic E-state index is 2.57. The first-order valence-electron chi connectivity index (χ1n) is 25.0. The van der Waals surface area contributed by atoms with Crippen molar-refractivity contribution in [2.45, 2.75) is 163 Å². The van der Waals surface area contributed by atoms with Crippen LogP contribution in [0.2, 0.25) is 5.82 Å². The smallest absolute Gasteiger partial charge is 0.0870 e. The Hall–Kier alpha value is -4.81. The molecule has 2 heteroatoms. The fraction of sp³-hybridized carbons (Fsp3) is 0.406. The van der Waals surface area contributed by atoms with Crippen LogP contribution >= 0.6 is 0 Å². The lowest BCUT2D eigenvalue weighted by Crippen LogP contribution is -2.58. The van der Waals surface area contributed by atoms with E-state index in [0.29, 0.717) is 11.7 Å². The molecule has 0 fully saturated rings. The maximum Gasteiger partial charge on any atom is 0.243 e. The summed E-state index contributed by atoms with van der Waals surface area (Å²) in [5.41, 5.74) is 22.2. The van der Waals surface area contributed by atoms with E-state index in [1.807, 2.05) is 0 Å². The van der Waals surface area contributed by atoms with Crippen LogP contribution in [-0.4, -0.2) is 13.4 Å². The van der Waals surface area contributed by atoms with Gasteiger partial charge < -0.3 is 0 Å². The molecule has 3 aliphatic rings. The summed E-state index contributed by atoms with van der Waals surface area (Å²) in [5, 5.41) is 0. The number of rotatable bonds is 3. The molecule has 0 aromatic heterocycles. The Morgan fingerprint density at radius 2 is 0.788 bits per heavy atom. The minimum absolute atomic E-state index is 0.0312. The van der Waals surface area contributed by atoms with Crippen LogP contribution in [0.5, 0.6) is 0 Å². The molecule has 0 bridgehead atoms. The first kappa shape index (κ1) is 47.7. The van der Waals surface area contributed by atoms with E-state index in [9.17, 15) is 0 Å². The monoisotopic (exact) mass is 869 g/mol. The summed E-state index contributed by atoms with van der Waals surface area (Å²) in [6.45, 7) is 43.4. The lowest BCUT2D eigenvalue weighted by molar-refractivity contribution is 0.552. The van der Waals surface area contributed by atoms with Gasteiger partial charge in [0.1, 0.15) is 0 Å². The van der Waals surface area contributed by atoms with Crippen LogP contribution < -0.4 is 27.3 Å². The van der Waals surface area contributed by atoms with Crippen LogP contribution in [0, 0.1) is 5.92 Å². The molecule has 340 valence electrons. The van der Waals surface area contributed by atoms with Crippen molar-refractivity contribution in [2.24, 2.45) is 5.92 Å². The summed E-state index contributed by atoms with van der Waals surface area (Å²) in [4.78, 5) is 0. The van der Waals surface area contributed by atoms with E-state index < -0.39 is 0 Å². The zero-order valence-electron chi connectivity index (χ0n) is 44.0. The molecule has 0 N–H and O–H groups in total. The minimum atomic E-state index is -0.0579. The molecular formula is C64H78B2. The molecule has 2 heterocycles. The molecule has 2 unspecified atom stereocenters. The van der Waals surface area contributed by atoms with Gasteiger partial charge in [-0.25, -0.2) is 0 Å². The fourth-order valence-corrected chi connectivity index (χ4v) is 11.2. The molecule has 0 saturated carbocycles. The van der Waals surface area contributed by atoms with Crippen molar-refractivity contribution < 1.29 is 0 Å². The van der Waals surface area contributed by atoms with Gasteiger partial charge in [0.05, 0.1) is 0 Å². The summed E-state index contributed by atoms with van der Waals surface area (Å²) < 4.78 is 0. The van der Waals surface area contributed by atoms with Crippen LogP contribution in [0.25, 0.3) is 29.4 Å². The molecule has 0 nitrogen and oxygen atoms in total. The van der Waals surface area contributed by atoms with Gasteiger partial charge in [-0.05, 0) is 118 Å². The highest BCUT2D eigenvalue weighted by Crippen LogP contribution is 2.40. The summed E-state index contributed by atoms with van der Waals surface area (Å²) in [7, 11) is 0. The largest absolute Gasteiger partial charge is 0.243 e. The predicted molar refractivity (Wildman–Crippen MR) is 297 cm³/mol. The average molecular weight is 869 g/mol. The highest BCUT2D eigenvalue weighted by atomic mass is 14.4. The second kappa shape index (κ2) is 16.5. The van der Waals surface area contributed by atoms with Crippen molar-refractivity contribution >= 4 is 59.0 Å². The molecule has 0 amide bonds. The first-order valence-corrected chi connectivity index (χ1v) is 25.0. The van der Waals surface area contributed by atoms with Crippen LogP contribution in [0.15, 0.2) is 115 Å². The number of hydrogen-bond acceptors (Lipinski definition) is 0. The van der Waals surface area contributed by atoms with Crippen LogP contribution in [0.4, 0.5) is 0 Å². The number of fused-ring (bicyclic) bond motifs is 4. The van der Waals surface area contributed by atoms with E-state index in [1.165, 1.54) is 88.5 Å². The van der Waals surface area contributed by atoms with Gasteiger partial charge >= 0.3 is 0 Å². The van der Waals surface area contributed by atoms with Crippen molar-refractivity contribution in [3.8, 4) is 11.1 Å². The standard InChI is InChI=1S/C64H78B2/c1-59(2,3)47-37-49(61(7,8)9)57(50(38-47)62(10,11)12)65-53-25-21-19-23-41(53)27-29-45-35-43(31-33-55(45)65)44-32-34-56-46(36-44)30-28-42-24-20-22-26-54(42)66(56)58-51(63(13,14)15)39-48(60(4,5)6)40-52(58)64(16,17)18/h19-41,53H,1-18H3. The van der Waals surface area contributed by atoms with Gasteiger partial charge in [0.25, 0.3) is 0 Å². The van der Waals surface area contributed by atoms with E-state index >= 15 is 0 Å². The summed E-state index contributed by atoms with van der Waals surface area (Å²) in [6.07, 6.45) is 19.2. The fourth-order valence-electron chi connectivity index (χ4n) is 11.2. The van der Waals surface area contributed by atoms with E-state index in [4.69, 9.17) is 0 Å². The normalized spacial score (nSPS) is 17.5. The zero-order chi connectivity index (χ0) is 48.1. The minimum Gasteiger partial charge on any atom is -0.0870 e. The van der Waals surface area contributed by atoms with Gasteiger partial charge in [0.2, 0.25) is 13.4 Å². The van der Waals surface area contributed by atoms with E-state index in [-0.39, 0.29) is 45.9 Å². The van der Waals surface area contributed by atoms with Crippen molar-refractivity contribution in [2.75, 3.05) is 0 Å². The Morgan fingerprint density at radius 3 is 1.29 bits per heavy atom. The van der Waals surface area contributed by atoms with Crippen LogP contribution in [0.1, 0.15) is 175 Å². The summed E-state index contributed by atoms with van der Waals surface area (Å²) in [5.74, 6) is 0.620. The Balaban J connectivity index is 1.34. The Labute approximate surface area is 402 Å². The second-order valence-electron chi connectivity index (χ2n) is 26.3. The summed E-state index contributed by atoms with van der Waals surface area (Å²) in [6, 6.07) is 34.1. The molecule has 0 spiro atoms. The molecule has 0 radical (unpaired) electrons. The topological polar surface area (TPSA) is 0 Å². The maximum atomic E-state index is 2.57. The van der Waals surface area contributed by atoms with Crippen molar-refractivity contribution in [3.63, 3.8) is 0 Å². The molecule has 2 atom stereocenters. The van der Waals surface area contributed by atoms with Gasteiger partial charge in [-0.2, -0.15) is 0 Å². The third-order valence-corrected chi connectivity index (χ3v) is 14.9. The number of allylic oxidation sites excluding steroid dienone is 5. The Kier molecular flexibility index (Phi) is 11.9. The van der Waals surface area contributed by atoms with Gasteiger partial charge in [-0.3, -0.25) is 0 Å². The van der Waals surface area contributed by atoms with Gasteiger partial charge in [-0.15, -0.1) is 0 Å². The van der Waals surface area contributed by atoms with Gasteiger partial charge in [0, 0.05) is 0 Å². The van der Waals surface area contributed by atoms with Crippen molar-refractivity contribution in [1.29, 1.82) is 0 Å². The zero-order valence-corrected chi connectivity index (χ0v) is 44.0. The van der Waals surface area contributed by atoms with Crippen LogP contribution in [-0.2, 0) is 32.5 Å².